The van der Waals surface area contributed by atoms with Gasteiger partial charge in [0.1, 0.15) is 6.10 Å². The second-order valence-electron chi connectivity index (χ2n) is 5.84. The molecule has 0 spiro atoms. The first-order chi connectivity index (χ1) is 12.1. The van der Waals surface area contributed by atoms with Crippen LogP contribution in [0.5, 0.6) is 11.5 Å². The van der Waals surface area contributed by atoms with Crippen LogP contribution in [0.2, 0.25) is 10.0 Å². The summed E-state index contributed by atoms with van der Waals surface area (Å²) in [6, 6.07) is 10.5. The van der Waals surface area contributed by atoms with Crippen molar-refractivity contribution in [2.45, 2.75) is 6.10 Å². The highest BCUT2D eigenvalue weighted by molar-refractivity contribution is 6.35. The Labute approximate surface area is 155 Å². The molecule has 5 nitrogen and oxygen atoms in total. The molecule has 1 unspecified atom stereocenters. The second-order valence-corrected chi connectivity index (χ2v) is 6.69. The van der Waals surface area contributed by atoms with Crippen molar-refractivity contribution in [3.63, 3.8) is 0 Å². The summed E-state index contributed by atoms with van der Waals surface area (Å²) in [4.78, 5) is 14.6. The van der Waals surface area contributed by atoms with Gasteiger partial charge in [-0.1, -0.05) is 29.3 Å². The van der Waals surface area contributed by atoms with Crippen LogP contribution in [0.4, 0.5) is 0 Å². The molecule has 7 heteroatoms. The lowest BCUT2D eigenvalue weighted by molar-refractivity contribution is -0.0227. The van der Waals surface area contributed by atoms with Gasteiger partial charge in [-0.2, -0.15) is 0 Å². The van der Waals surface area contributed by atoms with E-state index in [-0.39, 0.29) is 18.8 Å². The van der Waals surface area contributed by atoms with E-state index >= 15 is 0 Å². The first kappa shape index (κ1) is 16.5. The van der Waals surface area contributed by atoms with E-state index in [1.54, 1.807) is 35.2 Å². The van der Waals surface area contributed by atoms with Crippen LogP contribution in [0, 0.1) is 0 Å². The monoisotopic (exact) mass is 379 g/mol. The van der Waals surface area contributed by atoms with Gasteiger partial charge in [0.25, 0.3) is 5.91 Å². The number of rotatable bonds is 2. The molecule has 25 heavy (non-hydrogen) atoms. The lowest BCUT2D eigenvalue weighted by Crippen LogP contribution is -2.42. The zero-order chi connectivity index (χ0) is 17.4. The highest BCUT2D eigenvalue weighted by atomic mass is 35.5. The Morgan fingerprint density at radius 3 is 2.76 bits per heavy atom. The normalized spacial score (nSPS) is 19.1. The maximum atomic E-state index is 12.8. The van der Waals surface area contributed by atoms with Gasteiger partial charge in [0.2, 0.25) is 6.79 Å². The fourth-order valence-electron chi connectivity index (χ4n) is 3.00. The van der Waals surface area contributed by atoms with Crippen LogP contribution in [0.15, 0.2) is 36.4 Å². The molecule has 4 rings (SSSR count). The molecule has 2 aliphatic rings. The molecular weight excluding hydrogens is 365 g/mol. The molecule has 0 aromatic heterocycles. The van der Waals surface area contributed by atoms with Gasteiger partial charge in [-0.3, -0.25) is 4.79 Å². The third-order valence-electron chi connectivity index (χ3n) is 4.28. The van der Waals surface area contributed by atoms with Gasteiger partial charge >= 0.3 is 0 Å². The first-order valence-electron chi connectivity index (χ1n) is 7.87. The highest BCUT2D eigenvalue weighted by Gasteiger charge is 2.28. The molecule has 2 aliphatic heterocycles. The van der Waals surface area contributed by atoms with E-state index in [1.807, 2.05) is 6.07 Å². The van der Waals surface area contributed by atoms with Gasteiger partial charge in [-0.15, -0.1) is 0 Å². The van der Waals surface area contributed by atoms with E-state index in [0.29, 0.717) is 46.8 Å². The Morgan fingerprint density at radius 2 is 1.92 bits per heavy atom. The molecule has 0 bridgehead atoms. The Kier molecular flexibility index (Phi) is 4.46. The lowest BCUT2D eigenvalue weighted by Gasteiger charge is -2.33. The summed E-state index contributed by atoms with van der Waals surface area (Å²) >= 11 is 12.2. The summed E-state index contributed by atoms with van der Waals surface area (Å²) in [6.07, 6.45) is -0.281. The van der Waals surface area contributed by atoms with Crippen molar-refractivity contribution in [3.8, 4) is 11.5 Å². The fourth-order valence-corrected chi connectivity index (χ4v) is 3.53. The van der Waals surface area contributed by atoms with Crippen LogP contribution >= 0.6 is 23.2 Å². The maximum Gasteiger partial charge on any atom is 0.254 e. The van der Waals surface area contributed by atoms with Crippen molar-refractivity contribution in [2.75, 3.05) is 26.5 Å². The van der Waals surface area contributed by atoms with E-state index in [4.69, 9.17) is 37.4 Å². The number of hydrogen-bond acceptors (Lipinski definition) is 4. The van der Waals surface area contributed by atoms with E-state index in [2.05, 4.69) is 0 Å². The van der Waals surface area contributed by atoms with Crippen LogP contribution < -0.4 is 9.47 Å². The predicted molar refractivity (Wildman–Crippen MR) is 93.6 cm³/mol. The Bertz CT molecular complexity index is 827. The molecule has 2 aromatic carbocycles. The van der Waals surface area contributed by atoms with E-state index in [1.165, 1.54) is 0 Å². The standard InChI is InChI=1S/C18H15Cl2NO4/c19-12-2-3-13(14(20)8-12)17-9-21(5-6-23-17)18(22)11-1-4-15-16(7-11)25-10-24-15/h1-4,7-8,17H,5-6,9-10H2. The van der Waals surface area contributed by atoms with Crippen LogP contribution in [0.1, 0.15) is 22.0 Å². The minimum absolute atomic E-state index is 0.0725. The van der Waals surface area contributed by atoms with Crippen molar-refractivity contribution >= 4 is 29.1 Å². The van der Waals surface area contributed by atoms with Gasteiger partial charge < -0.3 is 19.1 Å². The van der Waals surface area contributed by atoms with Crippen molar-refractivity contribution in [2.24, 2.45) is 0 Å². The number of fused-ring (bicyclic) bond motifs is 1. The van der Waals surface area contributed by atoms with Gasteiger partial charge in [0.15, 0.2) is 11.5 Å². The number of hydrogen-bond donors (Lipinski definition) is 0. The number of nitrogens with zero attached hydrogens (tertiary/aromatic N) is 1. The van der Waals surface area contributed by atoms with Crippen molar-refractivity contribution < 1.29 is 19.0 Å². The van der Waals surface area contributed by atoms with Crippen LogP contribution in [-0.4, -0.2) is 37.3 Å². The van der Waals surface area contributed by atoms with Gasteiger partial charge in [-0.25, -0.2) is 0 Å². The minimum Gasteiger partial charge on any atom is -0.454 e. The Hall–Kier alpha value is -1.95. The SMILES string of the molecule is O=C(c1ccc2c(c1)OCO2)N1CCOC(c2ccc(Cl)cc2Cl)C1. The number of ether oxygens (including phenoxy) is 3. The molecule has 0 saturated carbocycles. The van der Waals surface area contributed by atoms with Crippen molar-refractivity contribution in [1.82, 2.24) is 4.90 Å². The summed E-state index contributed by atoms with van der Waals surface area (Å²) in [5.41, 5.74) is 1.39. The number of amides is 1. The van der Waals surface area contributed by atoms with Crippen LogP contribution in [0.25, 0.3) is 0 Å². The molecule has 2 aromatic rings. The van der Waals surface area contributed by atoms with Crippen LogP contribution in [-0.2, 0) is 4.74 Å². The minimum atomic E-state index is -0.281. The van der Waals surface area contributed by atoms with Gasteiger partial charge in [0.05, 0.1) is 13.2 Å². The number of morpholine rings is 1. The first-order valence-corrected chi connectivity index (χ1v) is 8.63. The second kappa shape index (κ2) is 6.75. The number of halogens is 2. The zero-order valence-corrected chi connectivity index (χ0v) is 14.7. The average molecular weight is 380 g/mol. The molecule has 0 radical (unpaired) electrons. The van der Waals surface area contributed by atoms with Crippen LogP contribution in [0.3, 0.4) is 0 Å². The van der Waals surface area contributed by atoms with E-state index in [9.17, 15) is 4.79 Å². The van der Waals surface area contributed by atoms with E-state index in [0.717, 1.165) is 5.56 Å². The summed E-state index contributed by atoms with van der Waals surface area (Å²) in [5.74, 6) is 1.18. The quantitative estimate of drug-likeness (QED) is 0.792. The molecule has 1 atom stereocenters. The molecule has 0 N–H and O–H groups in total. The van der Waals surface area contributed by atoms with Gasteiger partial charge in [0, 0.05) is 27.7 Å². The summed E-state index contributed by atoms with van der Waals surface area (Å²) in [5, 5.41) is 1.10. The summed E-state index contributed by atoms with van der Waals surface area (Å²) in [6.45, 7) is 1.57. The maximum absolute atomic E-state index is 12.8. The number of benzene rings is 2. The molecule has 1 fully saturated rings. The molecular formula is C18H15Cl2NO4. The fraction of sp³-hybridized carbons (Fsp3) is 0.278. The predicted octanol–water partition coefficient (Wildman–Crippen LogP) is 3.94. The number of carbonyl (C=O) groups is 1. The van der Waals surface area contributed by atoms with Gasteiger partial charge in [-0.05, 0) is 30.3 Å². The lowest BCUT2D eigenvalue weighted by atomic mass is 10.1. The number of carbonyl (C=O) groups excluding carboxylic acids is 1. The molecule has 1 saturated heterocycles. The largest absolute Gasteiger partial charge is 0.454 e. The Morgan fingerprint density at radius 1 is 1.08 bits per heavy atom. The summed E-state index contributed by atoms with van der Waals surface area (Å²) in [7, 11) is 0. The topological polar surface area (TPSA) is 48.0 Å². The third-order valence-corrected chi connectivity index (χ3v) is 4.84. The van der Waals surface area contributed by atoms with E-state index < -0.39 is 0 Å². The average Bonchev–Trinajstić information content (AvgIpc) is 3.09. The highest BCUT2D eigenvalue weighted by Crippen LogP contribution is 2.34. The molecule has 130 valence electrons. The zero-order valence-electron chi connectivity index (χ0n) is 13.2. The molecule has 2 heterocycles. The summed E-state index contributed by atoms with van der Waals surface area (Å²) < 4.78 is 16.4. The molecule has 0 aliphatic carbocycles. The van der Waals surface area contributed by atoms with Crippen molar-refractivity contribution in [1.29, 1.82) is 0 Å². The smallest absolute Gasteiger partial charge is 0.254 e. The van der Waals surface area contributed by atoms with Crippen molar-refractivity contribution in [3.05, 3.63) is 57.6 Å². The Balaban J connectivity index is 1.53. The third kappa shape index (κ3) is 3.27. The molecule has 1 amide bonds.